The summed E-state index contributed by atoms with van der Waals surface area (Å²) in [7, 11) is 0. The first-order valence-electron chi connectivity index (χ1n) is 8.21. The second-order valence-corrected chi connectivity index (χ2v) is 6.67. The molecule has 0 fully saturated rings. The molecule has 0 N–H and O–H groups in total. The van der Waals surface area contributed by atoms with E-state index < -0.39 is 0 Å². The summed E-state index contributed by atoms with van der Waals surface area (Å²) in [5.74, 6) is 0. The molecule has 0 saturated heterocycles. The van der Waals surface area contributed by atoms with Crippen LogP contribution in [0.2, 0.25) is 0 Å². The van der Waals surface area contributed by atoms with Crippen LogP contribution in [0.15, 0.2) is 54.6 Å². The third kappa shape index (κ3) is 3.07. The molecule has 3 rings (SSSR count). The Kier molecular flexibility index (Phi) is 4.09. The Morgan fingerprint density at radius 3 is 1.61 bits per heavy atom. The molecule has 3 aromatic carbocycles. The predicted octanol–water partition coefficient (Wildman–Crippen LogP) is 6.56. The Balaban J connectivity index is 2.11. The molecule has 0 aliphatic carbocycles. The lowest BCUT2D eigenvalue weighted by atomic mass is 9.91. The van der Waals surface area contributed by atoms with E-state index in [-0.39, 0.29) is 0 Å². The molecule has 0 spiro atoms. The van der Waals surface area contributed by atoms with E-state index in [4.69, 9.17) is 0 Å². The minimum Gasteiger partial charge on any atom is -0.0590 e. The zero-order chi connectivity index (χ0) is 16.6. The van der Waals surface area contributed by atoms with Crippen LogP contribution in [0.25, 0.3) is 22.3 Å². The highest BCUT2D eigenvalue weighted by Crippen LogP contribution is 2.32. The maximum absolute atomic E-state index is 2.32. The van der Waals surface area contributed by atoms with Gasteiger partial charge < -0.3 is 0 Å². The summed E-state index contributed by atoms with van der Waals surface area (Å²) in [5, 5.41) is 0. The van der Waals surface area contributed by atoms with Gasteiger partial charge in [-0.2, -0.15) is 0 Å². The van der Waals surface area contributed by atoms with Crippen molar-refractivity contribution in [2.75, 3.05) is 0 Å². The average molecular weight is 300 g/mol. The molecule has 0 aliphatic rings. The van der Waals surface area contributed by atoms with Crippen LogP contribution in [0.5, 0.6) is 0 Å². The third-order valence-electron chi connectivity index (χ3n) is 4.61. The van der Waals surface area contributed by atoms with E-state index in [1.54, 1.807) is 0 Å². The van der Waals surface area contributed by atoms with Crippen molar-refractivity contribution < 1.29 is 0 Å². The van der Waals surface area contributed by atoms with Gasteiger partial charge in [0.25, 0.3) is 0 Å². The van der Waals surface area contributed by atoms with Gasteiger partial charge in [0.1, 0.15) is 0 Å². The summed E-state index contributed by atoms with van der Waals surface area (Å²) in [6.07, 6.45) is 0. The quantitative estimate of drug-likeness (QED) is 0.502. The van der Waals surface area contributed by atoms with E-state index >= 15 is 0 Å². The van der Waals surface area contributed by atoms with Crippen molar-refractivity contribution in [2.24, 2.45) is 0 Å². The summed E-state index contributed by atoms with van der Waals surface area (Å²) in [5.41, 5.74) is 11.9. The van der Waals surface area contributed by atoms with Crippen molar-refractivity contribution in [3.63, 3.8) is 0 Å². The fraction of sp³-hybridized carbons (Fsp3) is 0.217. The van der Waals surface area contributed by atoms with Gasteiger partial charge in [-0.1, -0.05) is 65.7 Å². The third-order valence-corrected chi connectivity index (χ3v) is 4.61. The summed E-state index contributed by atoms with van der Waals surface area (Å²) in [4.78, 5) is 0. The molecule has 0 amide bonds. The van der Waals surface area contributed by atoms with E-state index in [1.165, 1.54) is 50.1 Å². The van der Waals surface area contributed by atoms with Gasteiger partial charge >= 0.3 is 0 Å². The van der Waals surface area contributed by atoms with Crippen LogP contribution in [0.3, 0.4) is 0 Å². The van der Waals surface area contributed by atoms with Crippen molar-refractivity contribution in [1.82, 2.24) is 0 Å². The second-order valence-electron chi connectivity index (χ2n) is 6.67. The van der Waals surface area contributed by atoms with Crippen molar-refractivity contribution in [3.8, 4) is 22.3 Å². The first-order chi connectivity index (χ1) is 11.0. The maximum atomic E-state index is 2.32. The predicted molar refractivity (Wildman–Crippen MR) is 101 cm³/mol. The van der Waals surface area contributed by atoms with Gasteiger partial charge in [-0.3, -0.25) is 0 Å². The topological polar surface area (TPSA) is 0 Å². The Morgan fingerprint density at radius 1 is 0.435 bits per heavy atom. The standard InChI is InChI=1S/C23H24/c1-15-6-8-17(3)22(12-15)20-10-11-21(19(5)14-20)23-13-16(2)7-9-18(23)4/h6-14H,1-5H3. The number of aryl methyl sites for hydroxylation is 5. The highest BCUT2D eigenvalue weighted by atomic mass is 14.1. The molecule has 0 aliphatic heterocycles. The van der Waals surface area contributed by atoms with Crippen LogP contribution >= 0.6 is 0 Å². The molecule has 0 bridgehead atoms. The largest absolute Gasteiger partial charge is 0.0590 e. The second kappa shape index (κ2) is 6.04. The van der Waals surface area contributed by atoms with Crippen LogP contribution < -0.4 is 0 Å². The highest BCUT2D eigenvalue weighted by molar-refractivity contribution is 5.76. The fourth-order valence-corrected chi connectivity index (χ4v) is 3.21. The minimum atomic E-state index is 1.30. The van der Waals surface area contributed by atoms with Crippen LogP contribution in [0, 0.1) is 34.6 Å². The lowest BCUT2D eigenvalue weighted by Gasteiger charge is -2.14. The summed E-state index contributed by atoms with van der Waals surface area (Å²) < 4.78 is 0. The van der Waals surface area contributed by atoms with Crippen LogP contribution in [0.1, 0.15) is 27.8 Å². The minimum absolute atomic E-state index is 1.30. The fourth-order valence-electron chi connectivity index (χ4n) is 3.21. The lowest BCUT2D eigenvalue weighted by molar-refractivity contribution is 1.36. The van der Waals surface area contributed by atoms with Gasteiger partial charge in [0, 0.05) is 0 Å². The first kappa shape index (κ1) is 15.6. The van der Waals surface area contributed by atoms with Gasteiger partial charge in [0.2, 0.25) is 0 Å². The lowest BCUT2D eigenvalue weighted by Crippen LogP contribution is -1.91. The monoisotopic (exact) mass is 300 g/mol. The van der Waals surface area contributed by atoms with E-state index in [9.17, 15) is 0 Å². The molecule has 3 aromatic rings. The molecule has 0 radical (unpaired) electrons. The maximum Gasteiger partial charge on any atom is -0.0149 e. The number of hydrogen-bond acceptors (Lipinski definition) is 0. The van der Waals surface area contributed by atoms with E-state index in [2.05, 4.69) is 89.2 Å². The van der Waals surface area contributed by atoms with E-state index in [0.29, 0.717) is 0 Å². The van der Waals surface area contributed by atoms with Crippen molar-refractivity contribution >= 4 is 0 Å². The molecule has 0 nitrogen and oxygen atoms in total. The van der Waals surface area contributed by atoms with Gasteiger partial charge in [0.05, 0.1) is 0 Å². The Morgan fingerprint density at radius 2 is 1.00 bits per heavy atom. The Hall–Kier alpha value is -2.34. The zero-order valence-electron chi connectivity index (χ0n) is 14.7. The summed E-state index contributed by atoms with van der Waals surface area (Å²) in [6.45, 7) is 10.9. The number of benzene rings is 3. The summed E-state index contributed by atoms with van der Waals surface area (Å²) >= 11 is 0. The molecule has 23 heavy (non-hydrogen) atoms. The van der Waals surface area contributed by atoms with Gasteiger partial charge in [-0.25, -0.2) is 0 Å². The van der Waals surface area contributed by atoms with Crippen LogP contribution in [0.4, 0.5) is 0 Å². The molecular formula is C23H24. The molecule has 0 aromatic heterocycles. The van der Waals surface area contributed by atoms with Crippen molar-refractivity contribution in [1.29, 1.82) is 0 Å². The molecule has 0 heterocycles. The van der Waals surface area contributed by atoms with E-state index in [1.807, 2.05) is 0 Å². The molecule has 0 atom stereocenters. The normalized spacial score (nSPS) is 10.8. The summed E-state index contributed by atoms with van der Waals surface area (Å²) in [6, 6.07) is 20.2. The van der Waals surface area contributed by atoms with Crippen LogP contribution in [-0.4, -0.2) is 0 Å². The van der Waals surface area contributed by atoms with Crippen molar-refractivity contribution in [2.45, 2.75) is 34.6 Å². The number of rotatable bonds is 2. The highest BCUT2D eigenvalue weighted by Gasteiger charge is 2.09. The Labute approximate surface area is 139 Å². The molecule has 116 valence electrons. The smallest absolute Gasteiger partial charge is 0.0149 e. The molecule has 0 heteroatoms. The Bertz CT molecular complexity index is 869. The first-order valence-corrected chi connectivity index (χ1v) is 8.21. The van der Waals surface area contributed by atoms with Gasteiger partial charge in [0.15, 0.2) is 0 Å². The zero-order valence-corrected chi connectivity index (χ0v) is 14.7. The van der Waals surface area contributed by atoms with Crippen molar-refractivity contribution in [3.05, 3.63) is 82.4 Å². The molecular weight excluding hydrogens is 276 g/mol. The van der Waals surface area contributed by atoms with Crippen LogP contribution in [-0.2, 0) is 0 Å². The molecule has 0 unspecified atom stereocenters. The van der Waals surface area contributed by atoms with Gasteiger partial charge in [-0.15, -0.1) is 0 Å². The van der Waals surface area contributed by atoms with Gasteiger partial charge in [-0.05, 0) is 73.6 Å². The SMILES string of the molecule is Cc1ccc(C)c(-c2ccc(-c3cc(C)ccc3C)c(C)c2)c1. The molecule has 0 saturated carbocycles. The number of hydrogen-bond donors (Lipinski definition) is 0. The average Bonchev–Trinajstić information content (AvgIpc) is 2.52. The van der Waals surface area contributed by atoms with E-state index in [0.717, 1.165) is 0 Å².